The summed E-state index contributed by atoms with van der Waals surface area (Å²) in [7, 11) is 4.74. The molecule has 4 heteroatoms. The van der Waals surface area contributed by atoms with Crippen LogP contribution >= 0.6 is 0 Å². The monoisotopic (exact) mass is 187 g/mol. The molecular weight excluding hydrogens is 177 g/mol. The van der Waals surface area contributed by atoms with Crippen LogP contribution in [0.2, 0.25) is 0 Å². The first kappa shape index (κ1) is 9.12. The molecule has 14 heavy (non-hydrogen) atoms. The second-order valence-electron chi connectivity index (χ2n) is 3.42. The fraction of sp³-hybridized carbons (Fsp3) is 0.300. The van der Waals surface area contributed by atoms with Crippen molar-refractivity contribution < 1.29 is 9.45 Å². The molecule has 0 aromatic heterocycles. The van der Waals surface area contributed by atoms with E-state index in [0.717, 1.165) is 12.8 Å². The van der Waals surface area contributed by atoms with Crippen LogP contribution in [-0.4, -0.2) is 20.2 Å². The average Bonchev–Trinajstić information content (AvgIpc) is 2.59. The van der Waals surface area contributed by atoms with E-state index in [0.29, 0.717) is 0 Å². The van der Waals surface area contributed by atoms with E-state index in [1.54, 1.807) is 0 Å². The minimum Gasteiger partial charge on any atom is -0.528 e. The smallest absolute Gasteiger partial charge is 0.388 e. The lowest BCUT2D eigenvalue weighted by molar-refractivity contribution is 0.200. The Morgan fingerprint density at radius 1 is 1.36 bits per heavy atom. The van der Waals surface area contributed by atoms with Gasteiger partial charge in [-0.1, -0.05) is 24.3 Å². The first-order valence-corrected chi connectivity index (χ1v) is 4.53. The van der Waals surface area contributed by atoms with Gasteiger partial charge in [0, 0.05) is 6.04 Å². The van der Waals surface area contributed by atoms with Crippen molar-refractivity contribution in [3.05, 3.63) is 35.4 Å². The molecule has 1 aromatic rings. The molecule has 0 atom stereocenters. The van der Waals surface area contributed by atoms with E-state index in [9.17, 15) is 4.79 Å². The zero-order valence-corrected chi connectivity index (χ0v) is 7.69. The van der Waals surface area contributed by atoms with Gasteiger partial charge < -0.3 is 9.97 Å². The molecule has 0 saturated carbocycles. The molecule has 0 unspecified atom stereocenters. The SMILES string of the molecule is [B]OC(=O)NC1Cc2ccccc2C1. The predicted octanol–water partition coefficient (Wildman–Crippen LogP) is 0.964. The van der Waals surface area contributed by atoms with E-state index >= 15 is 0 Å². The molecule has 1 aliphatic rings. The number of amides is 1. The Hall–Kier alpha value is -1.45. The van der Waals surface area contributed by atoms with Crippen LogP contribution in [-0.2, 0) is 17.5 Å². The van der Waals surface area contributed by atoms with E-state index < -0.39 is 6.09 Å². The van der Waals surface area contributed by atoms with Crippen LogP contribution in [0.3, 0.4) is 0 Å². The summed E-state index contributed by atoms with van der Waals surface area (Å²) < 4.78 is 4.06. The lowest BCUT2D eigenvalue weighted by Gasteiger charge is -2.10. The maximum atomic E-state index is 10.9. The van der Waals surface area contributed by atoms with Crippen molar-refractivity contribution in [3.8, 4) is 0 Å². The maximum absolute atomic E-state index is 10.9. The normalized spacial score (nSPS) is 14.9. The van der Waals surface area contributed by atoms with E-state index in [1.165, 1.54) is 11.1 Å². The Labute approximate surface area is 83.9 Å². The number of carbonyl (C=O) groups excluding carboxylic acids is 1. The summed E-state index contributed by atoms with van der Waals surface area (Å²) >= 11 is 0. The van der Waals surface area contributed by atoms with Gasteiger partial charge in [-0.3, -0.25) is 0 Å². The number of fused-ring (bicyclic) bond motifs is 1. The lowest BCUT2D eigenvalue weighted by atomic mass is 10.1. The average molecular weight is 187 g/mol. The molecule has 2 rings (SSSR count). The number of hydrogen-bond donors (Lipinski definition) is 1. The standard InChI is InChI=1S/C10H10BNO2/c11-14-10(13)12-9-5-7-3-1-2-4-8(7)6-9/h1-4,9H,5-6H2,(H,12,13). The summed E-state index contributed by atoms with van der Waals surface area (Å²) in [6.45, 7) is 0. The summed E-state index contributed by atoms with van der Waals surface area (Å²) in [6, 6.07) is 8.27. The highest BCUT2D eigenvalue weighted by molar-refractivity contribution is 6.05. The molecule has 0 fully saturated rings. The molecular formula is C10H10BNO2. The van der Waals surface area contributed by atoms with E-state index in [1.807, 2.05) is 12.1 Å². The molecule has 0 bridgehead atoms. The van der Waals surface area contributed by atoms with Crippen molar-refractivity contribution in [2.75, 3.05) is 0 Å². The van der Waals surface area contributed by atoms with Gasteiger partial charge in [0.25, 0.3) is 0 Å². The molecule has 1 N–H and O–H groups in total. The summed E-state index contributed by atoms with van der Waals surface area (Å²) in [5, 5.41) is 2.69. The molecule has 1 aromatic carbocycles. The Bertz CT molecular complexity index is 329. The third-order valence-electron chi connectivity index (χ3n) is 2.48. The molecule has 0 saturated heterocycles. The molecule has 0 heterocycles. The Morgan fingerprint density at radius 2 is 1.93 bits per heavy atom. The van der Waals surface area contributed by atoms with Crippen molar-refractivity contribution in [2.45, 2.75) is 18.9 Å². The van der Waals surface area contributed by atoms with Crippen LogP contribution in [0, 0.1) is 0 Å². The lowest BCUT2D eigenvalue weighted by Crippen LogP contribution is -2.35. The Kier molecular flexibility index (Phi) is 2.44. The molecule has 0 spiro atoms. The van der Waals surface area contributed by atoms with Crippen LogP contribution in [0.5, 0.6) is 0 Å². The largest absolute Gasteiger partial charge is 0.528 e. The Morgan fingerprint density at radius 3 is 2.43 bits per heavy atom. The second-order valence-corrected chi connectivity index (χ2v) is 3.42. The van der Waals surface area contributed by atoms with E-state index in [-0.39, 0.29) is 6.04 Å². The van der Waals surface area contributed by atoms with Gasteiger partial charge in [-0.05, 0) is 24.0 Å². The number of carbonyl (C=O) groups is 1. The quantitative estimate of drug-likeness (QED) is 0.665. The van der Waals surface area contributed by atoms with Crippen LogP contribution in [0.15, 0.2) is 24.3 Å². The summed E-state index contributed by atoms with van der Waals surface area (Å²) in [5.41, 5.74) is 2.57. The minimum absolute atomic E-state index is 0.114. The van der Waals surface area contributed by atoms with Gasteiger partial charge in [-0.25, -0.2) is 4.79 Å². The van der Waals surface area contributed by atoms with Crippen molar-refractivity contribution >= 4 is 14.1 Å². The van der Waals surface area contributed by atoms with Gasteiger partial charge in [0.15, 0.2) is 0 Å². The van der Waals surface area contributed by atoms with Gasteiger partial charge in [0.05, 0.1) is 0 Å². The number of nitrogens with one attached hydrogen (secondary N) is 1. The van der Waals surface area contributed by atoms with Gasteiger partial charge >= 0.3 is 14.1 Å². The summed E-state index contributed by atoms with van der Waals surface area (Å²) in [4.78, 5) is 10.9. The number of rotatable bonds is 1. The van der Waals surface area contributed by atoms with E-state index in [4.69, 9.17) is 8.05 Å². The third kappa shape index (κ3) is 1.74. The molecule has 1 aliphatic carbocycles. The van der Waals surface area contributed by atoms with Crippen molar-refractivity contribution in [1.29, 1.82) is 0 Å². The molecule has 2 radical (unpaired) electrons. The van der Waals surface area contributed by atoms with Crippen molar-refractivity contribution in [3.63, 3.8) is 0 Å². The molecule has 3 nitrogen and oxygen atoms in total. The molecule has 70 valence electrons. The summed E-state index contributed by atoms with van der Waals surface area (Å²) in [5.74, 6) is 0. The van der Waals surface area contributed by atoms with Gasteiger partial charge in [0.2, 0.25) is 0 Å². The molecule has 0 aliphatic heterocycles. The zero-order valence-electron chi connectivity index (χ0n) is 7.69. The van der Waals surface area contributed by atoms with Gasteiger partial charge in [-0.2, -0.15) is 0 Å². The van der Waals surface area contributed by atoms with E-state index in [2.05, 4.69) is 22.1 Å². The van der Waals surface area contributed by atoms with Crippen LogP contribution in [0.1, 0.15) is 11.1 Å². The molecule has 1 amide bonds. The predicted molar refractivity (Wildman–Crippen MR) is 53.0 cm³/mol. The summed E-state index contributed by atoms with van der Waals surface area (Å²) in [6.07, 6.45) is 1.14. The highest BCUT2D eigenvalue weighted by Gasteiger charge is 2.22. The first-order chi connectivity index (χ1) is 6.79. The topological polar surface area (TPSA) is 38.3 Å². The van der Waals surface area contributed by atoms with Crippen LogP contribution < -0.4 is 5.32 Å². The third-order valence-corrected chi connectivity index (χ3v) is 2.48. The fourth-order valence-electron chi connectivity index (χ4n) is 1.86. The maximum Gasteiger partial charge on any atom is 0.388 e. The zero-order chi connectivity index (χ0) is 9.97. The van der Waals surface area contributed by atoms with Gasteiger partial charge in [0.1, 0.15) is 0 Å². The second kappa shape index (κ2) is 3.74. The number of benzene rings is 1. The van der Waals surface area contributed by atoms with Crippen molar-refractivity contribution in [2.24, 2.45) is 0 Å². The number of hydrogen-bond acceptors (Lipinski definition) is 2. The van der Waals surface area contributed by atoms with Gasteiger partial charge in [-0.15, -0.1) is 0 Å². The van der Waals surface area contributed by atoms with Crippen LogP contribution in [0.25, 0.3) is 0 Å². The van der Waals surface area contributed by atoms with Crippen LogP contribution in [0.4, 0.5) is 4.79 Å². The highest BCUT2D eigenvalue weighted by atomic mass is 16.5. The fourth-order valence-corrected chi connectivity index (χ4v) is 1.86. The van der Waals surface area contributed by atoms with Crippen molar-refractivity contribution in [1.82, 2.24) is 5.32 Å². The first-order valence-electron chi connectivity index (χ1n) is 4.53. The Balaban J connectivity index is 2.01. The highest BCUT2D eigenvalue weighted by Crippen LogP contribution is 2.21. The minimum atomic E-state index is -0.567.